The highest BCUT2D eigenvalue weighted by atomic mass is 79.9. The Morgan fingerprint density at radius 1 is 1.37 bits per heavy atom. The van der Waals surface area contributed by atoms with Crippen LogP contribution < -0.4 is 4.74 Å². The molecule has 0 aromatic heterocycles. The van der Waals surface area contributed by atoms with Gasteiger partial charge in [0.25, 0.3) is 0 Å². The van der Waals surface area contributed by atoms with Gasteiger partial charge >= 0.3 is 5.97 Å². The van der Waals surface area contributed by atoms with Gasteiger partial charge in [-0.05, 0) is 43.0 Å². The number of halogens is 1. The third kappa shape index (κ3) is 4.06. The van der Waals surface area contributed by atoms with Crippen LogP contribution in [0, 0.1) is 5.92 Å². The van der Waals surface area contributed by atoms with Crippen LogP contribution in [0.3, 0.4) is 0 Å². The number of hydrogen-bond acceptors (Lipinski definition) is 3. The molecule has 1 N–H and O–H groups in total. The van der Waals surface area contributed by atoms with Crippen LogP contribution in [-0.4, -0.2) is 23.0 Å². The number of benzene rings is 1. The van der Waals surface area contributed by atoms with E-state index in [0.717, 1.165) is 4.47 Å². The van der Waals surface area contributed by atoms with E-state index in [9.17, 15) is 9.59 Å². The van der Waals surface area contributed by atoms with Crippen molar-refractivity contribution in [3.63, 3.8) is 0 Å². The topological polar surface area (TPSA) is 63.6 Å². The monoisotopic (exact) mass is 326 g/mol. The summed E-state index contributed by atoms with van der Waals surface area (Å²) in [5.41, 5.74) is 0. The van der Waals surface area contributed by atoms with Gasteiger partial charge in [-0.25, -0.2) is 0 Å². The van der Waals surface area contributed by atoms with Gasteiger partial charge in [-0.2, -0.15) is 0 Å². The van der Waals surface area contributed by atoms with Gasteiger partial charge in [-0.1, -0.05) is 15.9 Å². The summed E-state index contributed by atoms with van der Waals surface area (Å²) < 4.78 is 6.61. The molecule has 0 heterocycles. The predicted octanol–water partition coefficient (Wildman–Crippen LogP) is 3.04. The van der Waals surface area contributed by atoms with E-state index in [2.05, 4.69) is 15.9 Å². The number of hydrogen-bond donors (Lipinski definition) is 1. The number of carbonyl (C=O) groups is 2. The van der Waals surface area contributed by atoms with Crippen molar-refractivity contribution in [3.05, 3.63) is 28.7 Å². The Morgan fingerprint density at radius 3 is 2.68 bits per heavy atom. The first kappa shape index (κ1) is 14.1. The number of carboxylic acids is 1. The lowest BCUT2D eigenvalue weighted by molar-refractivity contribution is -0.140. The van der Waals surface area contributed by atoms with Gasteiger partial charge in [0, 0.05) is 17.3 Å². The molecule has 4 nitrogen and oxygen atoms in total. The second-order valence-electron chi connectivity index (χ2n) is 4.76. The summed E-state index contributed by atoms with van der Waals surface area (Å²) in [6.45, 7) is 0. The molecule has 1 aromatic carbocycles. The summed E-state index contributed by atoms with van der Waals surface area (Å²) in [5.74, 6) is -0.0977. The van der Waals surface area contributed by atoms with Gasteiger partial charge in [-0.15, -0.1) is 0 Å². The molecule has 2 rings (SSSR count). The number of ketones is 1. The smallest absolute Gasteiger partial charge is 0.303 e. The summed E-state index contributed by atoms with van der Waals surface area (Å²) >= 11 is 3.33. The average Bonchev–Trinajstić information content (AvgIpc) is 2.35. The van der Waals surface area contributed by atoms with E-state index in [0.29, 0.717) is 25.0 Å². The fourth-order valence-electron chi connectivity index (χ4n) is 2.28. The van der Waals surface area contributed by atoms with Crippen LogP contribution in [0.15, 0.2) is 28.7 Å². The molecule has 0 amide bonds. The number of ether oxygens (including phenoxy) is 1. The van der Waals surface area contributed by atoms with E-state index in [4.69, 9.17) is 9.84 Å². The van der Waals surface area contributed by atoms with Gasteiger partial charge in [0.2, 0.25) is 0 Å². The molecule has 5 heteroatoms. The van der Waals surface area contributed by atoms with Crippen molar-refractivity contribution in [1.29, 1.82) is 0 Å². The molecule has 2 atom stereocenters. The number of Topliss-reactive ketones (excluding diaryl/α,β-unsaturated/α-hetero) is 1. The minimum absolute atomic E-state index is 0.0237. The Labute approximate surface area is 119 Å². The maximum atomic E-state index is 11.8. The van der Waals surface area contributed by atoms with Gasteiger partial charge in [-0.3, -0.25) is 9.59 Å². The first-order chi connectivity index (χ1) is 9.04. The quantitative estimate of drug-likeness (QED) is 0.923. The number of carboxylic acid groups (broad SMARTS) is 1. The molecular weight excluding hydrogens is 312 g/mol. The van der Waals surface area contributed by atoms with Crippen LogP contribution in [0.25, 0.3) is 0 Å². The second-order valence-corrected chi connectivity index (χ2v) is 5.68. The van der Waals surface area contributed by atoms with Crippen LogP contribution >= 0.6 is 15.9 Å². The Hall–Kier alpha value is -1.36. The standard InChI is InChI=1S/C14H15BrO4/c15-10-2-4-11(5-3-10)19-13-7-9(8-14(17)18)1-6-12(13)16/h2-5,9,13H,1,6-8H2,(H,17,18). The third-order valence-corrected chi connectivity index (χ3v) is 3.79. The Balaban J connectivity index is 1.99. The zero-order valence-electron chi connectivity index (χ0n) is 10.3. The van der Waals surface area contributed by atoms with Gasteiger partial charge in [0.15, 0.2) is 11.9 Å². The first-order valence-electron chi connectivity index (χ1n) is 6.21. The Kier molecular flexibility index (Phi) is 4.58. The minimum atomic E-state index is -0.818. The molecule has 0 saturated heterocycles. The molecule has 0 bridgehead atoms. The molecule has 102 valence electrons. The van der Waals surface area contributed by atoms with E-state index in [1.807, 2.05) is 12.1 Å². The van der Waals surface area contributed by atoms with E-state index < -0.39 is 12.1 Å². The summed E-state index contributed by atoms with van der Waals surface area (Å²) in [6.07, 6.45) is 1.12. The lowest BCUT2D eigenvalue weighted by Gasteiger charge is -2.27. The van der Waals surface area contributed by atoms with Crippen LogP contribution in [0.5, 0.6) is 5.75 Å². The largest absolute Gasteiger partial charge is 0.483 e. The van der Waals surface area contributed by atoms with Crippen LogP contribution in [0.1, 0.15) is 25.7 Å². The van der Waals surface area contributed by atoms with Crippen LogP contribution in [-0.2, 0) is 9.59 Å². The molecule has 0 aliphatic heterocycles. The molecule has 19 heavy (non-hydrogen) atoms. The van der Waals surface area contributed by atoms with Crippen molar-refractivity contribution in [1.82, 2.24) is 0 Å². The SMILES string of the molecule is O=C(O)CC1CCC(=O)C(Oc2ccc(Br)cc2)C1. The van der Waals surface area contributed by atoms with Crippen molar-refractivity contribution >= 4 is 27.7 Å². The van der Waals surface area contributed by atoms with E-state index >= 15 is 0 Å². The van der Waals surface area contributed by atoms with Crippen molar-refractivity contribution in [2.24, 2.45) is 5.92 Å². The zero-order valence-corrected chi connectivity index (χ0v) is 11.9. The first-order valence-corrected chi connectivity index (χ1v) is 7.00. The molecule has 1 saturated carbocycles. The van der Waals surface area contributed by atoms with Crippen molar-refractivity contribution in [2.75, 3.05) is 0 Å². The van der Waals surface area contributed by atoms with Crippen molar-refractivity contribution in [2.45, 2.75) is 31.8 Å². The lowest BCUT2D eigenvalue weighted by Crippen LogP contribution is -2.35. The van der Waals surface area contributed by atoms with Crippen LogP contribution in [0.2, 0.25) is 0 Å². The highest BCUT2D eigenvalue weighted by Crippen LogP contribution is 2.28. The summed E-state index contributed by atoms with van der Waals surface area (Å²) in [5, 5.41) is 8.81. The van der Waals surface area contributed by atoms with E-state index in [-0.39, 0.29) is 18.1 Å². The molecule has 0 radical (unpaired) electrons. The van der Waals surface area contributed by atoms with E-state index in [1.165, 1.54) is 0 Å². The maximum absolute atomic E-state index is 11.8. The molecule has 0 spiro atoms. The molecule has 2 unspecified atom stereocenters. The number of carbonyl (C=O) groups excluding carboxylic acids is 1. The van der Waals surface area contributed by atoms with E-state index in [1.54, 1.807) is 12.1 Å². The van der Waals surface area contributed by atoms with Gasteiger partial charge in [0.1, 0.15) is 5.75 Å². The summed E-state index contributed by atoms with van der Waals surface area (Å²) in [7, 11) is 0. The average molecular weight is 327 g/mol. The summed E-state index contributed by atoms with van der Waals surface area (Å²) in [6, 6.07) is 7.27. The number of aliphatic carboxylic acids is 1. The second kappa shape index (κ2) is 6.19. The van der Waals surface area contributed by atoms with Crippen LogP contribution in [0.4, 0.5) is 0 Å². The van der Waals surface area contributed by atoms with Gasteiger partial charge in [0.05, 0.1) is 0 Å². The minimum Gasteiger partial charge on any atom is -0.483 e. The third-order valence-electron chi connectivity index (χ3n) is 3.26. The molecule has 1 aromatic rings. The zero-order chi connectivity index (χ0) is 13.8. The number of rotatable bonds is 4. The predicted molar refractivity (Wildman–Crippen MR) is 73.2 cm³/mol. The molecular formula is C14H15BrO4. The summed E-state index contributed by atoms with van der Waals surface area (Å²) in [4.78, 5) is 22.5. The van der Waals surface area contributed by atoms with Crippen molar-refractivity contribution in [3.8, 4) is 5.75 Å². The highest BCUT2D eigenvalue weighted by Gasteiger charge is 2.31. The molecule has 1 aliphatic rings. The molecule has 1 fully saturated rings. The fourth-order valence-corrected chi connectivity index (χ4v) is 2.55. The lowest BCUT2D eigenvalue weighted by atomic mass is 9.84. The fraction of sp³-hybridized carbons (Fsp3) is 0.429. The molecule has 1 aliphatic carbocycles. The normalized spacial score (nSPS) is 23.1. The van der Waals surface area contributed by atoms with Crippen molar-refractivity contribution < 1.29 is 19.4 Å². The van der Waals surface area contributed by atoms with Gasteiger partial charge < -0.3 is 9.84 Å². The highest BCUT2D eigenvalue weighted by molar-refractivity contribution is 9.10. The Morgan fingerprint density at radius 2 is 2.05 bits per heavy atom. The maximum Gasteiger partial charge on any atom is 0.303 e. The Bertz CT molecular complexity index is 469.